The van der Waals surface area contributed by atoms with Gasteiger partial charge in [0.25, 0.3) is 5.56 Å². The monoisotopic (exact) mass is 363 g/mol. The molecule has 118 valence electrons. The number of aryl methyl sites for hydroxylation is 1. The van der Waals surface area contributed by atoms with Crippen LogP contribution in [0.1, 0.15) is 10.7 Å². The van der Waals surface area contributed by atoms with Crippen molar-refractivity contribution in [2.75, 3.05) is 0 Å². The smallest absolute Gasteiger partial charge is 0.262 e. The molecule has 0 saturated heterocycles. The van der Waals surface area contributed by atoms with Crippen LogP contribution in [0.4, 0.5) is 0 Å². The van der Waals surface area contributed by atoms with Crippen molar-refractivity contribution in [3.8, 4) is 0 Å². The summed E-state index contributed by atoms with van der Waals surface area (Å²) >= 11 is 9.13. The second-order valence-electron chi connectivity index (χ2n) is 4.91. The van der Waals surface area contributed by atoms with Gasteiger partial charge in [-0.1, -0.05) is 29.4 Å². The van der Waals surface area contributed by atoms with Gasteiger partial charge in [0, 0.05) is 22.7 Å². The summed E-state index contributed by atoms with van der Waals surface area (Å²) in [7, 11) is 0. The number of allylic oxidation sites excluding steroid dienone is 1. The number of fused-ring (bicyclic) bond motifs is 1. The maximum atomic E-state index is 12.7. The van der Waals surface area contributed by atoms with E-state index < -0.39 is 0 Å². The van der Waals surface area contributed by atoms with Crippen molar-refractivity contribution in [1.82, 2.24) is 14.5 Å². The van der Waals surface area contributed by atoms with E-state index in [4.69, 9.17) is 11.6 Å². The first-order chi connectivity index (χ1) is 11.1. The fraction of sp³-hybridized carbons (Fsp3) is 0.188. The van der Waals surface area contributed by atoms with Crippen LogP contribution < -0.4 is 5.56 Å². The SMILES string of the molecule is C=CCn1c(SCc2csc(C)n2)nc2cc(Cl)ccc2c1=O. The van der Waals surface area contributed by atoms with Crippen molar-refractivity contribution in [3.05, 3.63) is 62.3 Å². The highest BCUT2D eigenvalue weighted by Crippen LogP contribution is 2.24. The maximum Gasteiger partial charge on any atom is 0.262 e. The Hall–Kier alpha value is -1.63. The summed E-state index contributed by atoms with van der Waals surface area (Å²) in [6.07, 6.45) is 1.70. The lowest BCUT2D eigenvalue weighted by molar-refractivity contribution is 0.671. The van der Waals surface area contributed by atoms with Crippen molar-refractivity contribution in [3.63, 3.8) is 0 Å². The molecule has 0 amide bonds. The Morgan fingerprint density at radius 1 is 1.43 bits per heavy atom. The molecular weight excluding hydrogens is 350 g/mol. The minimum Gasteiger partial charge on any atom is -0.283 e. The number of nitrogens with zero attached hydrogens (tertiary/aromatic N) is 3. The van der Waals surface area contributed by atoms with E-state index in [1.807, 2.05) is 12.3 Å². The van der Waals surface area contributed by atoms with E-state index in [0.29, 0.717) is 33.4 Å². The van der Waals surface area contributed by atoms with Crippen molar-refractivity contribution in [2.45, 2.75) is 24.4 Å². The summed E-state index contributed by atoms with van der Waals surface area (Å²) in [5.41, 5.74) is 1.52. The Balaban J connectivity index is 2.04. The zero-order valence-electron chi connectivity index (χ0n) is 12.5. The van der Waals surface area contributed by atoms with E-state index in [0.717, 1.165) is 10.7 Å². The summed E-state index contributed by atoms with van der Waals surface area (Å²) in [6, 6.07) is 5.13. The van der Waals surface area contributed by atoms with Gasteiger partial charge in [0.1, 0.15) is 0 Å². The van der Waals surface area contributed by atoms with Crippen molar-refractivity contribution < 1.29 is 0 Å². The molecular formula is C16H14ClN3OS2. The lowest BCUT2D eigenvalue weighted by Crippen LogP contribution is -2.22. The number of thiazole rings is 1. The van der Waals surface area contributed by atoms with Crippen LogP contribution in [0.25, 0.3) is 10.9 Å². The zero-order chi connectivity index (χ0) is 16.4. The van der Waals surface area contributed by atoms with Crippen LogP contribution in [0, 0.1) is 6.92 Å². The summed E-state index contributed by atoms with van der Waals surface area (Å²) < 4.78 is 1.63. The van der Waals surface area contributed by atoms with Crippen LogP contribution in [0.15, 0.2) is 46.2 Å². The van der Waals surface area contributed by atoms with E-state index in [9.17, 15) is 4.79 Å². The molecule has 0 N–H and O–H groups in total. The lowest BCUT2D eigenvalue weighted by Gasteiger charge is -2.11. The Kier molecular flexibility index (Phi) is 4.84. The second-order valence-corrected chi connectivity index (χ2v) is 7.35. The minimum absolute atomic E-state index is 0.0801. The molecule has 0 atom stereocenters. The zero-order valence-corrected chi connectivity index (χ0v) is 14.8. The highest BCUT2D eigenvalue weighted by atomic mass is 35.5. The molecule has 0 radical (unpaired) electrons. The molecule has 2 heterocycles. The first-order valence-electron chi connectivity index (χ1n) is 6.93. The highest BCUT2D eigenvalue weighted by Gasteiger charge is 2.12. The Morgan fingerprint density at radius 2 is 2.26 bits per heavy atom. The maximum absolute atomic E-state index is 12.7. The van der Waals surface area contributed by atoms with E-state index in [2.05, 4.69) is 16.5 Å². The molecule has 23 heavy (non-hydrogen) atoms. The van der Waals surface area contributed by atoms with Gasteiger partial charge < -0.3 is 0 Å². The van der Waals surface area contributed by atoms with Gasteiger partial charge >= 0.3 is 0 Å². The third-order valence-corrected chi connectivity index (χ3v) is 5.28. The van der Waals surface area contributed by atoms with Crippen molar-refractivity contribution in [2.24, 2.45) is 0 Å². The molecule has 3 rings (SSSR count). The number of benzene rings is 1. The van der Waals surface area contributed by atoms with Gasteiger partial charge in [0.05, 0.1) is 21.6 Å². The van der Waals surface area contributed by atoms with Gasteiger partial charge in [-0.05, 0) is 25.1 Å². The number of aromatic nitrogens is 3. The van der Waals surface area contributed by atoms with Crippen LogP contribution in [0.2, 0.25) is 5.02 Å². The van der Waals surface area contributed by atoms with Crippen LogP contribution >= 0.6 is 34.7 Å². The molecule has 1 aromatic carbocycles. The van der Waals surface area contributed by atoms with Gasteiger partial charge in [-0.25, -0.2) is 9.97 Å². The summed E-state index contributed by atoms with van der Waals surface area (Å²) in [4.78, 5) is 21.7. The quantitative estimate of drug-likeness (QED) is 0.385. The van der Waals surface area contributed by atoms with Crippen molar-refractivity contribution >= 4 is 45.6 Å². The number of halogens is 1. The average molecular weight is 364 g/mol. The first-order valence-corrected chi connectivity index (χ1v) is 9.17. The van der Waals surface area contributed by atoms with Gasteiger partial charge in [0.2, 0.25) is 0 Å². The van der Waals surface area contributed by atoms with E-state index in [-0.39, 0.29) is 5.56 Å². The predicted molar refractivity (Wildman–Crippen MR) is 97.6 cm³/mol. The molecule has 2 aromatic heterocycles. The Labute approximate surface area is 146 Å². The van der Waals surface area contributed by atoms with E-state index >= 15 is 0 Å². The summed E-state index contributed by atoms with van der Waals surface area (Å²) in [6.45, 7) is 6.12. The number of hydrogen-bond donors (Lipinski definition) is 0. The van der Waals surface area contributed by atoms with Crippen LogP contribution in [0.5, 0.6) is 0 Å². The van der Waals surface area contributed by atoms with Crippen LogP contribution in [-0.2, 0) is 12.3 Å². The number of hydrogen-bond acceptors (Lipinski definition) is 5. The van der Waals surface area contributed by atoms with Crippen LogP contribution in [0.3, 0.4) is 0 Å². The van der Waals surface area contributed by atoms with Crippen molar-refractivity contribution in [1.29, 1.82) is 0 Å². The van der Waals surface area contributed by atoms with Crippen LogP contribution in [-0.4, -0.2) is 14.5 Å². The van der Waals surface area contributed by atoms with E-state index in [1.165, 1.54) is 11.8 Å². The standard InChI is InChI=1S/C16H14ClN3OS2/c1-3-6-20-15(21)13-5-4-11(17)7-14(13)19-16(20)23-9-12-8-22-10(2)18-12/h3-5,7-8H,1,6,9H2,2H3. The minimum atomic E-state index is -0.0801. The fourth-order valence-corrected chi connectivity index (χ4v) is 3.97. The predicted octanol–water partition coefficient (Wildman–Crippen LogP) is 4.29. The van der Waals surface area contributed by atoms with E-state index in [1.54, 1.807) is 40.2 Å². The molecule has 0 saturated carbocycles. The van der Waals surface area contributed by atoms with Gasteiger partial charge in [-0.2, -0.15) is 0 Å². The topological polar surface area (TPSA) is 47.8 Å². The molecule has 0 unspecified atom stereocenters. The molecule has 0 aliphatic rings. The van der Waals surface area contributed by atoms with Gasteiger partial charge in [0.15, 0.2) is 5.16 Å². The average Bonchev–Trinajstić information content (AvgIpc) is 2.94. The molecule has 0 spiro atoms. The Bertz CT molecular complexity index is 933. The second kappa shape index (κ2) is 6.86. The lowest BCUT2D eigenvalue weighted by atomic mass is 10.2. The Morgan fingerprint density at radius 3 is 2.96 bits per heavy atom. The first kappa shape index (κ1) is 16.2. The molecule has 0 aliphatic carbocycles. The fourth-order valence-electron chi connectivity index (χ4n) is 2.19. The summed E-state index contributed by atoms with van der Waals surface area (Å²) in [5.74, 6) is 0.667. The number of rotatable bonds is 5. The molecule has 0 bridgehead atoms. The number of thioether (sulfide) groups is 1. The normalized spacial score (nSPS) is 11.0. The largest absolute Gasteiger partial charge is 0.283 e. The summed E-state index contributed by atoms with van der Waals surface area (Å²) in [5, 5.41) is 4.83. The molecule has 0 aliphatic heterocycles. The molecule has 3 aromatic rings. The third kappa shape index (κ3) is 3.49. The molecule has 4 nitrogen and oxygen atoms in total. The molecule has 0 fully saturated rings. The molecule has 7 heteroatoms. The third-order valence-electron chi connectivity index (χ3n) is 3.21. The van der Waals surface area contributed by atoms with Gasteiger partial charge in [-0.15, -0.1) is 17.9 Å². The van der Waals surface area contributed by atoms with Gasteiger partial charge in [-0.3, -0.25) is 9.36 Å². The highest BCUT2D eigenvalue weighted by molar-refractivity contribution is 7.98.